The SMILES string of the molecule is C=C(C)C(CCC(=C)C(C)(C)C)N(C)C(C)(C)CC. The van der Waals surface area contributed by atoms with Gasteiger partial charge in [0.2, 0.25) is 0 Å². The fourth-order valence-corrected chi connectivity index (χ4v) is 2.13. The first-order valence-electron chi connectivity index (χ1n) is 7.50. The van der Waals surface area contributed by atoms with E-state index in [0.29, 0.717) is 6.04 Å². The fraction of sp³-hybridized carbons (Fsp3) is 0.778. The summed E-state index contributed by atoms with van der Waals surface area (Å²) < 4.78 is 0. The van der Waals surface area contributed by atoms with Gasteiger partial charge in [-0.25, -0.2) is 0 Å². The van der Waals surface area contributed by atoms with Crippen LogP contribution >= 0.6 is 0 Å². The number of nitrogens with zero attached hydrogens (tertiary/aromatic N) is 1. The zero-order chi connectivity index (χ0) is 15.4. The Morgan fingerprint density at radius 2 is 1.58 bits per heavy atom. The molecule has 0 spiro atoms. The molecule has 0 rings (SSSR count). The van der Waals surface area contributed by atoms with E-state index in [2.05, 4.69) is 73.6 Å². The van der Waals surface area contributed by atoms with Gasteiger partial charge in [0, 0.05) is 11.6 Å². The molecule has 1 heteroatoms. The minimum Gasteiger partial charge on any atom is -0.295 e. The lowest BCUT2D eigenvalue weighted by Crippen LogP contribution is -2.47. The maximum Gasteiger partial charge on any atom is 0.0307 e. The first-order valence-corrected chi connectivity index (χ1v) is 7.50. The van der Waals surface area contributed by atoms with Crippen LogP contribution in [0.4, 0.5) is 0 Å². The van der Waals surface area contributed by atoms with Gasteiger partial charge in [0.15, 0.2) is 0 Å². The lowest BCUT2D eigenvalue weighted by molar-refractivity contribution is 0.109. The maximum absolute atomic E-state index is 4.25. The molecule has 0 bridgehead atoms. The summed E-state index contributed by atoms with van der Waals surface area (Å²) in [6.07, 6.45) is 3.34. The van der Waals surface area contributed by atoms with Gasteiger partial charge < -0.3 is 0 Å². The zero-order valence-electron chi connectivity index (χ0n) is 14.6. The largest absolute Gasteiger partial charge is 0.295 e. The van der Waals surface area contributed by atoms with Crippen LogP contribution in [0.15, 0.2) is 24.3 Å². The Morgan fingerprint density at radius 1 is 1.11 bits per heavy atom. The molecule has 0 amide bonds. The van der Waals surface area contributed by atoms with Gasteiger partial charge in [-0.3, -0.25) is 4.90 Å². The molecular weight excluding hydrogens is 230 g/mol. The smallest absolute Gasteiger partial charge is 0.0307 e. The quantitative estimate of drug-likeness (QED) is 0.554. The number of likely N-dealkylation sites (N-methyl/N-ethyl adjacent to an activating group) is 1. The van der Waals surface area contributed by atoms with Gasteiger partial charge in [-0.2, -0.15) is 0 Å². The van der Waals surface area contributed by atoms with Gasteiger partial charge >= 0.3 is 0 Å². The Labute approximate surface area is 121 Å². The first kappa shape index (κ1) is 18.4. The Bertz CT molecular complexity index is 317. The van der Waals surface area contributed by atoms with Gasteiger partial charge in [0.25, 0.3) is 0 Å². The van der Waals surface area contributed by atoms with Crippen molar-refractivity contribution in [3.05, 3.63) is 24.3 Å². The van der Waals surface area contributed by atoms with Crippen molar-refractivity contribution in [2.45, 2.75) is 79.3 Å². The molecule has 0 aromatic carbocycles. The molecule has 1 nitrogen and oxygen atoms in total. The number of hydrogen-bond acceptors (Lipinski definition) is 1. The van der Waals surface area contributed by atoms with Crippen LogP contribution in [0, 0.1) is 5.41 Å². The highest BCUT2D eigenvalue weighted by molar-refractivity contribution is 5.10. The van der Waals surface area contributed by atoms with E-state index in [0.717, 1.165) is 19.3 Å². The topological polar surface area (TPSA) is 3.24 Å². The van der Waals surface area contributed by atoms with Gasteiger partial charge in [-0.05, 0) is 52.5 Å². The second kappa shape index (κ2) is 6.74. The van der Waals surface area contributed by atoms with Gasteiger partial charge in [0.05, 0.1) is 0 Å². The van der Waals surface area contributed by atoms with E-state index in [1.54, 1.807) is 0 Å². The van der Waals surface area contributed by atoms with Crippen LogP contribution in [0.3, 0.4) is 0 Å². The molecule has 0 heterocycles. The highest BCUT2D eigenvalue weighted by Gasteiger charge is 2.28. The Balaban J connectivity index is 4.79. The summed E-state index contributed by atoms with van der Waals surface area (Å²) in [6, 6.07) is 0.439. The van der Waals surface area contributed by atoms with Crippen LogP contribution < -0.4 is 0 Å². The third kappa shape index (κ3) is 5.52. The molecule has 0 fully saturated rings. The van der Waals surface area contributed by atoms with E-state index in [9.17, 15) is 0 Å². The van der Waals surface area contributed by atoms with E-state index in [1.807, 2.05) is 0 Å². The average Bonchev–Trinajstić information content (AvgIpc) is 2.26. The molecule has 0 aliphatic rings. The van der Waals surface area contributed by atoms with Crippen molar-refractivity contribution in [3.8, 4) is 0 Å². The lowest BCUT2D eigenvalue weighted by Gasteiger charge is -2.41. The van der Waals surface area contributed by atoms with Crippen molar-refractivity contribution in [1.82, 2.24) is 4.90 Å². The maximum atomic E-state index is 4.25. The van der Waals surface area contributed by atoms with E-state index in [4.69, 9.17) is 0 Å². The Hall–Kier alpha value is -0.560. The van der Waals surface area contributed by atoms with E-state index < -0.39 is 0 Å². The van der Waals surface area contributed by atoms with Gasteiger partial charge in [0.1, 0.15) is 0 Å². The molecule has 1 unspecified atom stereocenters. The summed E-state index contributed by atoms with van der Waals surface area (Å²) in [5, 5.41) is 0. The predicted octanol–water partition coefficient (Wildman–Crippen LogP) is 5.43. The molecule has 0 aromatic heterocycles. The van der Waals surface area contributed by atoms with Crippen molar-refractivity contribution in [1.29, 1.82) is 0 Å². The van der Waals surface area contributed by atoms with Crippen LogP contribution in [0.5, 0.6) is 0 Å². The third-order valence-corrected chi connectivity index (χ3v) is 4.64. The summed E-state index contributed by atoms with van der Waals surface area (Å²) in [6.45, 7) is 24.2. The zero-order valence-corrected chi connectivity index (χ0v) is 14.6. The molecule has 19 heavy (non-hydrogen) atoms. The molecule has 0 aliphatic heterocycles. The summed E-state index contributed by atoms with van der Waals surface area (Å²) in [5.41, 5.74) is 3.01. The molecule has 0 aliphatic carbocycles. The number of allylic oxidation sites excluding steroid dienone is 1. The van der Waals surface area contributed by atoms with Crippen LogP contribution in [-0.4, -0.2) is 23.5 Å². The lowest BCUT2D eigenvalue weighted by atomic mass is 9.83. The minimum absolute atomic E-state index is 0.207. The van der Waals surface area contributed by atoms with Gasteiger partial charge in [-0.15, -0.1) is 0 Å². The van der Waals surface area contributed by atoms with Crippen molar-refractivity contribution >= 4 is 0 Å². The third-order valence-electron chi connectivity index (χ3n) is 4.64. The molecule has 0 aromatic rings. The monoisotopic (exact) mass is 265 g/mol. The molecule has 112 valence electrons. The molecule has 0 N–H and O–H groups in total. The summed E-state index contributed by atoms with van der Waals surface area (Å²) in [5.74, 6) is 0. The standard InChI is InChI=1S/C18H35N/c1-11-18(8,9)19(10)16(14(2)3)13-12-15(4)17(5,6)7/h16H,2,4,11-13H2,1,3,5-10H3. The van der Waals surface area contributed by atoms with Crippen molar-refractivity contribution in [2.24, 2.45) is 5.41 Å². The number of rotatable bonds is 7. The Kier molecular flexibility index (Phi) is 6.54. The van der Waals surface area contributed by atoms with Crippen molar-refractivity contribution in [3.63, 3.8) is 0 Å². The van der Waals surface area contributed by atoms with Crippen molar-refractivity contribution < 1.29 is 0 Å². The fourth-order valence-electron chi connectivity index (χ4n) is 2.13. The molecule has 0 saturated carbocycles. The second-order valence-corrected chi connectivity index (χ2v) is 7.53. The number of hydrogen-bond donors (Lipinski definition) is 0. The first-order chi connectivity index (χ1) is 8.43. The molecular formula is C18H35N. The van der Waals surface area contributed by atoms with Crippen LogP contribution in [-0.2, 0) is 0 Å². The molecule has 1 atom stereocenters. The van der Waals surface area contributed by atoms with E-state index in [-0.39, 0.29) is 11.0 Å². The summed E-state index contributed by atoms with van der Waals surface area (Å²) in [4.78, 5) is 2.48. The normalized spacial score (nSPS) is 14.6. The van der Waals surface area contributed by atoms with E-state index in [1.165, 1.54) is 11.1 Å². The minimum atomic E-state index is 0.207. The van der Waals surface area contributed by atoms with Crippen LogP contribution in [0.2, 0.25) is 0 Å². The predicted molar refractivity (Wildman–Crippen MR) is 88.6 cm³/mol. The van der Waals surface area contributed by atoms with Crippen molar-refractivity contribution in [2.75, 3.05) is 7.05 Å². The highest BCUT2D eigenvalue weighted by atomic mass is 15.2. The molecule has 0 saturated heterocycles. The van der Waals surface area contributed by atoms with Crippen LogP contribution in [0.25, 0.3) is 0 Å². The highest BCUT2D eigenvalue weighted by Crippen LogP contribution is 2.31. The average molecular weight is 265 g/mol. The summed E-state index contributed by atoms with van der Waals surface area (Å²) in [7, 11) is 2.22. The second-order valence-electron chi connectivity index (χ2n) is 7.53. The van der Waals surface area contributed by atoms with E-state index >= 15 is 0 Å². The Morgan fingerprint density at radius 3 is 1.89 bits per heavy atom. The van der Waals surface area contributed by atoms with Crippen LogP contribution in [0.1, 0.15) is 67.7 Å². The van der Waals surface area contributed by atoms with Gasteiger partial charge in [-0.1, -0.05) is 52.0 Å². The molecule has 0 radical (unpaired) electrons. The summed E-state index contributed by atoms with van der Waals surface area (Å²) >= 11 is 0.